The molecule has 5 nitrogen and oxygen atoms in total. The molecule has 8 rings (SSSR count). The van der Waals surface area contributed by atoms with E-state index in [1.54, 1.807) is 6.08 Å². The number of aromatic nitrogens is 3. The standard InChI is InChI=1S/C35H23N5S/c36-26-19-18-25-29(30(26)37)23-10-4-6-12-27(23)38-31(25)21-14-16-22(17-15-21)35-39-32(20-8-2-1-3-9-20)34-33(40-35)24-11-5-7-13-28(24)41-34/h1-19,24,28,36-37H. The van der Waals surface area contributed by atoms with Crippen molar-refractivity contribution in [1.29, 1.82) is 10.8 Å². The Hall–Kier alpha value is -4.94. The number of hydrogen-bond acceptors (Lipinski definition) is 6. The first-order valence-electron chi connectivity index (χ1n) is 13.5. The molecule has 2 aromatic heterocycles. The molecule has 2 unspecified atom stereocenters. The predicted octanol–water partition coefficient (Wildman–Crippen LogP) is 8.12. The van der Waals surface area contributed by atoms with Crippen molar-refractivity contribution in [2.24, 2.45) is 0 Å². The zero-order valence-corrected chi connectivity index (χ0v) is 22.7. The summed E-state index contributed by atoms with van der Waals surface area (Å²) in [4.78, 5) is 16.4. The van der Waals surface area contributed by atoms with Crippen LogP contribution in [-0.2, 0) is 0 Å². The second kappa shape index (κ2) is 9.32. The molecular formula is C35H23N5S. The Morgan fingerprint density at radius 2 is 1.39 bits per heavy atom. The number of thioether (sulfide) groups is 1. The maximum Gasteiger partial charge on any atom is 0.160 e. The van der Waals surface area contributed by atoms with E-state index in [1.807, 2.05) is 48.2 Å². The fourth-order valence-corrected chi connectivity index (χ4v) is 7.24. The van der Waals surface area contributed by atoms with E-state index in [-0.39, 0.29) is 17.3 Å². The average Bonchev–Trinajstić information content (AvgIpc) is 3.41. The Kier molecular flexibility index (Phi) is 5.43. The molecule has 194 valence electrons. The molecule has 0 fully saturated rings. The first-order chi connectivity index (χ1) is 20.2. The van der Waals surface area contributed by atoms with E-state index in [0.717, 1.165) is 60.7 Å². The molecule has 0 radical (unpaired) electrons. The lowest BCUT2D eigenvalue weighted by molar-refractivity contribution is 0.829. The number of nitrogens with one attached hydrogen (secondary N) is 2. The molecule has 0 bridgehead atoms. The van der Waals surface area contributed by atoms with Crippen molar-refractivity contribution in [3.05, 3.63) is 126 Å². The van der Waals surface area contributed by atoms with Gasteiger partial charge in [-0.05, 0) is 18.2 Å². The van der Waals surface area contributed by atoms with Gasteiger partial charge in [-0.2, -0.15) is 0 Å². The van der Waals surface area contributed by atoms with E-state index in [2.05, 4.69) is 72.8 Å². The summed E-state index contributed by atoms with van der Waals surface area (Å²) in [6.07, 6.45) is 12.3. The summed E-state index contributed by atoms with van der Waals surface area (Å²) < 4.78 is 0. The van der Waals surface area contributed by atoms with Crippen LogP contribution in [0.5, 0.6) is 0 Å². The number of rotatable bonds is 3. The Bertz CT molecular complexity index is 2010. The van der Waals surface area contributed by atoms with Crippen molar-refractivity contribution >= 4 is 40.2 Å². The predicted molar refractivity (Wildman–Crippen MR) is 168 cm³/mol. The van der Waals surface area contributed by atoms with E-state index < -0.39 is 0 Å². The number of nitrogens with zero attached hydrogens (tertiary/aromatic N) is 3. The van der Waals surface area contributed by atoms with Crippen LogP contribution in [0.4, 0.5) is 0 Å². The maximum atomic E-state index is 8.65. The van der Waals surface area contributed by atoms with Crippen LogP contribution >= 0.6 is 11.8 Å². The van der Waals surface area contributed by atoms with Gasteiger partial charge < -0.3 is 0 Å². The molecule has 3 aliphatic rings. The molecule has 3 aromatic carbocycles. The molecule has 2 N–H and O–H groups in total. The Balaban J connectivity index is 1.26. The summed E-state index contributed by atoms with van der Waals surface area (Å²) in [7, 11) is 0. The summed E-state index contributed by atoms with van der Waals surface area (Å²) >= 11 is 1.85. The normalized spacial score (nSPS) is 18.4. The zero-order chi connectivity index (χ0) is 27.5. The maximum absolute atomic E-state index is 8.65. The highest BCUT2D eigenvalue weighted by atomic mass is 32.2. The highest BCUT2D eigenvalue weighted by Crippen LogP contribution is 2.50. The largest absolute Gasteiger partial charge is 0.299 e. The molecule has 1 aliphatic heterocycles. The number of hydrogen-bond donors (Lipinski definition) is 2. The minimum Gasteiger partial charge on any atom is -0.299 e. The van der Waals surface area contributed by atoms with Gasteiger partial charge >= 0.3 is 0 Å². The third kappa shape index (κ3) is 3.83. The van der Waals surface area contributed by atoms with E-state index in [9.17, 15) is 0 Å². The molecule has 0 amide bonds. The van der Waals surface area contributed by atoms with E-state index in [4.69, 9.17) is 25.8 Å². The minimum absolute atomic E-state index is 0.210. The van der Waals surface area contributed by atoms with Gasteiger partial charge in [0.25, 0.3) is 0 Å². The summed E-state index contributed by atoms with van der Waals surface area (Å²) in [5, 5.41) is 18.1. The van der Waals surface area contributed by atoms with E-state index in [1.165, 1.54) is 0 Å². The third-order valence-electron chi connectivity index (χ3n) is 7.88. The number of para-hydroxylation sites is 1. The monoisotopic (exact) mass is 545 g/mol. The third-order valence-corrected chi connectivity index (χ3v) is 9.24. The van der Waals surface area contributed by atoms with Crippen LogP contribution in [0.25, 0.3) is 50.9 Å². The molecule has 0 spiro atoms. The lowest BCUT2D eigenvalue weighted by Crippen LogP contribution is -2.17. The first kappa shape index (κ1) is 23.9. The zero-order valence-electron chi connectivity index (χ0n) is 21.9. The SMILES string of the molecule is N=C1C=Cc2c(-c3ccc(-c4nc(-c5ccccc5)c5c(n4)C4C=CC=CC4S5)cc3)nc3ccccc3c2C1=N. The van der Waals surface area contributed by atoms with Gasteiger partial charge in [0.2, 0.25) is 0 Å². The molecule has 3 heterocycles. The van der Waals surface area contributed by atoms with Gasteiger partial charge in [-0.1, -0.05) is 97.1 Å². The molecular weight excluding hydrogens is 522 g/mol. The fourth-order valence-electron chi connectivity index (χ4n) is 5.85. The van der Waals surface area contributed by atoms with Crippen molar-refractivity contribution in [3.63, 3.8) is 0 Å². The average molecular weight is 546 g/mol. The minimum atomic E-state index is 0.210. The van der Waals surface area contributed by atoms with Crippen molar-refractivity contribution in [2.45, 2.75) is 16.1 Å². The van der Waals surface area contributed by atoms with Gasteiger partial charge in [-0.3, -0.25) is 10.8 Å². The molecule has 6 heteroatoms. The van der Waals surface area contributed by atoms with Crippen LogP contribution in [0, 0.1) is 10.8 Å². The van der Waals surface area contributed by atoms with Crippen LogP contribution < -0.4 is 0 Å². The van der Waals surface area contributed by atoms with Crippen LogP contribution in [0.1, 0.15) is 22.7 Å². The first-order valence-corrected chi connectivity index (χ1v) is 14.4. The second-order valence-corrected chi connectivity index (χ2v) is 11.5. The highest BCUT2D eigenvalue weighted by molar-refractivity contribution is 8.00. The van der Waals surface area contributed by atoms with E-state index >= 15 is 0 Å². The van der Waals surface area contributed by atoms with Gasteiger partial charge in [0.1, 0.15) is 0 Å². The summed E-state index contributed by atoms with van der Waals surface area (Å²) in [6.45, 7) is 0. The Morgan fingerprint density at radius 3 is 2.24 bits per heavy atom. The van der Waals surface area contributed by atoms with Gasteiger partial charge in [-0.25, -0.2) is 15.0 Å². The van der Waals surface area contributed by atoms with Crippen LogP contribution in [-0.4, -0.2) is 31.6 Å². The van der Waals surface area contributed by atoms with E-state index in [0.29, 0.717) is 11.1 Å². The molecule has 5 aromatic rings. The quantitative estimate of drug-likeness (QED) is 0.240. The molecule has 0 saturated heterocycles. The lowest BCUT2D eigenvalue weighted by atomic mass is 9.88. The number of allylic oxidation sites excluding steroid dienone is 4. The lowest BCUT2D eigenvalue weighted by Gasteiger charge is -2.19. The highest BCUT2D eigenvalue weighted by Gasteiger charge is 2.36. The summed E-state index contributed by atoms with van der Waals surface area (Å²) in [5.74, 6) is 0.944. The summed E-state index contributed by atoms with van der Waals surface area (Å²) in [6, 6.07) is 26.5. The van der Waals surface area contributed by atoms with Gasteiger partial charge in [-0.15, -0.1) is 11.8 Å². The van der Waals surface area contributed by atoms with Crippen molar-refractivity contribution in [3.8, 4) is 33.9 Å². The fraction of sp³-hybridized carbons (Fsp3) is 0.0571. The number of benzene rings is 3. The molecule has 2 aliphatic carbocycles. The second-order valence-electron chi connectivity index (χ2n) is 10.3. The van der Waals surface area contributed by atoms with Crippen LogP contribution in [0.3, 0.4) is 0 Å². The van der Waals surface area contributed by atoms with Crippen LogP contribution in [0.2, 0.25) is 0 Å². The topological polar surface area (TPSA) is 86.4 Å². The number of pyridine rings is 1. The van der Waals surface area contributed by atoms with Gasteiger partial charge in [0.15, 0.2) is 5.82 Å². The smallest absolute Gasteiger partial charge is 0.160 e. The Morgan fingerprint density at radius 1 is 0.659 bits per heavy atom. The van der Waals surface area contributed by atoms with Crippen LogP contribution in [0.15, 0.2) is 114 Å². The Labute approximate surface area is 241 Å². The van der Waals surface area contributed by atoms with Crippen molar-refractivity contribution in [1.82, 2.24) is 15.0 Å². The molecule has 0 saturated carbocycles. The van der Waals surface area contributed by atoms with Gasteiger partial charge in [0.05, 0.1) is 38.9 Å². The van der Waals surface area contributed by atoms with Gasteiger partial charge in [0, 0.05) is 44.4 Å². The summed E-state index contributed by atoms with van der Waals surface area (Å²) in [5.41, 5.74) is 8.73. The van der Waals surface area contributed by atoms with Crippen molar-refractivity contribution < 1.29 is 0 Å². The number of fused-ring (bicyclic) bond motifs is 6. The molecule has 2 atom stereocenters. The molecule has 41 heavy (non-hydrogen) atoms. The van der Waals surface area contributed by atoms with Crippen molar-refractivity contribution in [2.75, 3.05) is 0 Å².